The molecule has 0 aromatic heterocycles. The topological polar surface area (TPSA) is 41.9 Å². The van der Waals surface area contributed by atoms with Crippen molar-refractivity contribution in [2.24, 2.45) is 11.8 Å². The average Bonchev–Trinajstić information content (AvgIpc) is 3.38. The van der Waals surface area contributed by atoms with E-state index in [1.807, 2.05) is 0 Å². The van der Waals surface area contributed by atoms with Gasteiger partial charge in [-0.05, 0) is 50.5 Å². The Bertz CT molecular complexity index is 824. The highest BCUT2D eigenvalue weighted by atomic mass is 19.3. The fraction of sp³-hybridized carbons (Fsp3) is 0.714. The van der Waals surface area contributed by atoms with E-state index in [1.54, 1.807) is 6.07 Å². The molecule has 3 aliphatic carbocycles. The Labute approximate surface area is 157 Å². The summed E-state index contributed by atoms with van der Waals surface area (Å²) in [6.45, 7) is 1.91. The zero-order chi connectivity index (χ0) is 18.6. The first-order valence-corrected chi connectivity index (χ1v) is 10.2. The highest BCUT2D eigenvalue weighted by molar-refractivity contribution is 5.65. The maximum Gasteiger partial charge on any atom is 0.285 e. The molecule has 2 heterocycles. The van der Waals surface area contributed by atoms with Crippen molar-refractivity contribution in [3.63, 3.8) is 0 Å². The number of phenolic OH excluding ortho intramolecular Hbond substituents is 1. The second kappa shape index (κ2) is 5.07. The van der Waals surface area contributed by atoms with Crippen LogP contribution in [0.2, 0.25) is 0 Å². The Morgan fingerprint density at radius 1 is 1.30 bits per heavy atom. The molecule has 0 unspecified atom stereocenters. The van der Waals surface area contributed by atoms with E-state index in [0.717, 1.165) is 36.6 Å². The maximum atomic E-state index is 15.0. The number of alkyl halides is 2. The van der Waals surface area contributed by atoms with Crippen LogP contribution in [0.25, 0.3) is 0 Å². The Kier molecular flexibility index (Phi) is 3.08. The Morgan fingerprint density at radius 2 is 2.11 bits per heavy atom. The van der Waals surface area contributed by atoms with E-state index in [9.17, 15) is 5.11 Å². The lowest BCUT2D eigenvalue weighted by atomic mass is 9.51. The number of methoxy groups -OCH3 is 1. The van der Waals surface area contributed by atoms with E-state index in [2.05, 4.69) is 4.90 Å². The molecule has 2 bridgehead atoms. The lowest BCUT2D eigenvalue weighted by Gasteiger charge is -2.59. The average molecular weight is 377 g/mol. The van der Waals surface area contributed by atoms with Crippen LogP contribution in [-0.2, 0) is 11.8 Å². The van der Waals surface area contributed by atoms with Crippen molar-refractivity contribution < 1.29 is 23.4 Å². The molecule has 1 N–H and O–H groups in total. The third-order valence-corrected chi connectivity index (χ3v) is 7.90. The molecular weight excluding hydrogens is 352 g/mol. The van der Waals surface area contributed by atoms with Gasteiger partial charge in [0.1, 0.15) is 5.75 Å². The van der Waals surface area contributed by atoms with Crippen molar-refractivity contribution in [1.29, 1.82) is 0 Å². The molecule has 6 heteroatoms. The van der Waals surface area contributed by atoms with Gasteiger partial charge in [-0.2, -0.15) is 0 Å². The van der Waals surface area contributed by atoms with Crippen LogP contribution in [0.15, 0.2) is 6.07 Å². The van der Waals surface area contributed by atoms with Crippen molar-refractivity contribution in [1.82, 2.24) is 4.90 Å². The Hall–Kier alpha value is -1.56. The summed E-state index contributed by atoms with van der Waals surface area (Å²) in [5, 5.41) is 10.7. The molecule has 1 saturated heterocycles. The first-order valence-electron chi connectivity index (χ1n) is 10.2. The molecule has 2 aliphatic heterocycles. The third-order valence-electron chi connectivity index (χ3n) is 7.90. The number of rotatable bonds is 3. The monoisotopic (exact) mass is 377 g/mol. The molecule has 0 amide bonds. The normalized spacial score (nSPS) is 38.3. The van der Waals surface area contributed by atoms with Crippen molar-refractivity contribution in [3.05, 3.63) is 17.2 Å². The van der Waals surface area contributed by atoms with Crippen molar-refractivity contribution in [3.8, 4) is 17.2 Å². The number of piperidine rings is 1. The Morgan fingerprint density at radius 3 is 2.85 bits per heavy atom. The number of nitrogens with zero attached hydrogens (tertiary/aromatic N) is 1. The van der Waals surface area contributed by atoms with Gasteiger partial charge in [-0.3, -0.25) is 4.90 Å². The summed E-state index contributed by atoms with van der Waals surface area (Å²) in [7, 11) is 1.50. The third kappa shape index (κ3) is 1.95. The summed E-state index contributed by atoms with van der Waals surface area (Å²) < 4.78 is 41.5. The van der Waals surface area contributed by atoms with Crippen LogP contribution in [0.3, 0.4) is 0 Å². The van der Waals surface area contributed by atoms with Crippen LogP contribution in [0.5, 0.6) is 17.2 Å². The maximum absolute atomic E-state index is 15.0. The standard InChI is InChI=1S/C21H25F2NO3/c1-26-16-9-15(25)12-8-14-13-4-5-21(22,23)19-20(13,17(12)18(16)27-19)6-7-24(14)10-11-2-3-11/h9,11,13-14,19,25H,2-8,10H2,1H3/t13-,14+,19+,20-/m0/s1. The van der Waals surface area contributed by atoms with Crippen molar-refractivity contribution >= 4 is 0 Å². The number of phenols is 1. The largest absolute Gasteiger partial charge is 0.508 e. The molecule has 4 nitrogen and oxygen atoms in total. The molecule has 1 spiro atoms. The summed E-state index contributed by atoms with van der Waals surface area (Å²) in [5.74, 6) is -0.927. The smallest absolute Gasteiger partial charge is 0.285 e. The minimum absolute atomic E-state index is 0.116. The first-order chi connectivity index (χ1) is 13.0. The first kappa shape index (κ1) is 16.4. The molecule has 3 fully saturated rings. The van der Waals surface area contributed by atoms with E-state index in [4.69, 9.17) is 9.47 Å². The molecule has 4 atom stereocenters. The van der Waals surface area contributed by atoms with Crippen molar-refractivity contribution in [2.45, 2.75) is 62.0 Å². The van der Waals surface area contributed by atoms with Gasteiger partial charge in [0.2, 0.25) is 0 Å². The highest BCUT2D eigenvalue weighted by Crippen LogP contribution is 2.67. The number of aromatic hydroxyl groups is 1. The van der Waals surface area contributed by atoms with Gasteiger partial charge in [0.05, 0.1) is 7.11 Å². The van der Waals surface area contributed by atoms with Gasteiger partial charge < -0.3 is 14.6 Å². The molecule has 1 aromatic carbocycles. The predicted molar refractivity (Wildman–Crippen MR) is 94.8 cm³/mol. The zero-order valence-corrected chi connectivity index (χ0v) is 15.5. The second-order valence-electron chi connectivity index (χ2n) is 9.18. The van der Waals surface area contributed by atoms with Crippen LogP contribution >= 0.6 is 0 Å². The Balaban J connectivity index is 1.56. The molecule has 0 radical (unpaired) electrons. The van der Waals surface area contributed by atoms with Gasteiger partial charge in [0, 0.05) is 41.6 Å². The van der Waals surface area contributed by atoms with E-state index in [-0.39, 0.29) is 24.1 Å². The zero-order valence-electron chi connectivity index (χ0n) is 15.5. The molecule has 27 heavy (non-hydrogen) atoms. The van der Waals surface area contributed by atoms with Gasteiger partial charge in [0.15, 0.2) is 17.6 Å². The number of likely N-dealkylation sites (tertiary alicyclic amines) is 1. The molecule has 6 rings (SSSR count). The molecule has 5 aliphatic rings. The van der Waals surface area contributed by atoms with Gasteiger partial charge in [-0.25, -0.2) is 8.78 Å². The van der Waals surface area contributed by atoms with Gasteiger partial charge in [-0.1, -0.05) is 0 Å². The second-order valence-corrected chi connectivity index (χ2v) is 9.18. The SMILES string of the molecule is COc1cc(O)c2c3c1O[C@H]1C(F)(F)CC[C@H]4[C@@H](C2)N(CC2CC2)CC[C@@]341. The van der Waals surface area contributed by atoms with Crippen LogP contribution < -0.4 is 9.47 Å². The molecular formula is C21H25F2NO3. The minimum Gasteiger partial charge on any atom is -0.508 e. The number of hydrogen-bond donors (Lipinski definition) is 1. The highest BCUT2D eigenvalue weighted by Gasteiger charge is 2.71. The fourth-order valence-corrected chi connectivity index (χ4v) is 6.63. The minimum atomic E-state index is -2.85. The summed E-state index contributed by atoms with van der Waals surface area (Å²) in [5.41, 5.74) is 0.949. The number of halogens is 2. The predicted octanol–water partition coefficient (Wildman–Crippen LogP) is 3.49. The number of hydrogen-bond acceptors (Lipinski definition) is 4. The van der Waals surface area contributed by atoms with Crippen LogP contribution in [-0.4, -0.2) is 48.3 Å². The lowest BCUT2D eigenvalue weighted by molar-refractivity contribution is -0.182. The van der Waals surface area contributed by atoms with E-state index in [1.165, 1.54) is 20.0 Å². The van der Waals surface area contributed by atoms with Gasteiger partial charge >= 0.3 is 0 Å². The van der Waals surface area contributed by atoms with Crippen LogP contribution in [0, 0.1) is 11.8 Å². The van der Waals surface area contributed by atoms with E-state index < -0.39 is 17.4 Å². The molecule has 1 aromatic rings. The fourth-order valence-electron chi connectivity index (χ4n) is 6.63. The summed E-state index contributed by atoms with van der Waals surface area (Å²) in [4.78, 5) is 2.53. The summed E-state index contributed by atoms with van der Waals surface area (Å²) in [6, 6.07) is 1.76. The van der Waals surface area contributed by atoms with E-state index >= 15 is 8.78 Å². The quantitative estimate of drug-likeness (QED) is 0.876. The summed E-state index contributed by atoms with van der Waals surface area (Å²) in [6.07, 6.45) is 3.23. The van der Waals surface area contributed by atoms with Crippen LogP contribution in [0.1, 0.15) is 43.2 Å². The van der Waals surface area contributed by atoms with Gasteiger partial charge in [-0.15, -0.1) is 0 Å². The van der Waals surface area contributed by atoms with E-state index in [0.29, 0.717) is 24.3 Å². The van der Waals surface area contributed by atoms with Gasteiger partial charge in [0.25, 0.3) is 5.92 Å². The summed E-state index contributed by atoms with van der Waals surface area (Å²) >= 11 is 0. The number of ether oxygens (including phenoxy) is 2. The number of benzene rings is 1. The molecule has 146 valence electrons. The van der Waals surface area contributed by atoms with Crippen LogP contribution in [0.4, 0.5) is 8.78 Å². The lowest BCUT2D eigenvalue weighted by Crippen LogP contribution is -2.68. The molecule has 2 saturated carbocycles. The van der Waals surface area contributed by atoms with Crippen molar-refractivity contribution in [2.75, 3.05) is 20.2 Å².